The number of aromatic nitrogens is 6. The van der Waals surface area contributed by atoms with Crippen LogP contribution in [0.5, 0.6) is 0 Å². The van der Waals surface area contributed by atoms with E-state index in [2.05, 4.69) is 24.9 Å². The van der Waals surface area contributed by atoms with E-state index in [4.69, 9.17) is 11.6 Å². The molecule has 0 saturated carbocycles. The Morgan fingerprint density at radius 3 is 2.67 bits per heavy atom. The Labute approximate surface area is 172 Å². The topological polar surface area (TPSA) is 106 Å². The molecule has 3 aromatic heterocycles. The first kappa shape index (κ1) is 19.3. The molecule has 30 heavy (non-hydrogen) atoms. The number of nitrogens with one attached hydrogen (secondary N) is 1. The van der Waals surface area contributed by atoms with Crippen molar-refractivity contribution >= 4 is 33.5 Å². The zero-order valence-corrected chi connectivity index (χ0v) is 15.9. The van der Waals surface area contributed by atoms with Crippen molar-refractivity contribution in [2.24, 2.45) is 0 Å². The molecule has 0 saturated heterocycles. The highest BCUT2D eigenvalue weighted by Crippen LogP contribution is 2.18. The highest BCUT2D eigenvalue weighted by Gasteiger charge is 2.09. The van der Waals surface area contributed by atoms with Crippen molar-refractivity contribution < 1.29 is 4.39 Å². The van der Waals surface area contributed by atoms with Gasteiger partial charge < -0.3 is 4.98 Å². The Balaban J connectivity index is 0.000000168. The van der Waals surface area contributed by atoms with Crippen LogP contribution in [0.25, 0.3) is 27.6 Å². The first-order valence-corrected chi connectivity index (χ1v) is 8.97. The summed E-state index contributed by atoms with van der Waals surface area (Å²) in [7, 11) is 0. The minimum Gasteiger partial charge on any atom is -0.312 e. The summed E-state index contributed by atoms with van der Waals surface area (Å²) >= 11 is 6.03. The molecule has 0 aliphatic rings. The van der Waals surface area contributed by atoms with Crippen molar-refractivity contribution in [3.05, 3.63) is 99.2 Å². The first-order valence-electron chi connectivity index (χ1n) is 8.60. The maximum atomic E-state index is 13.2. The van der Waals surface area contributed by atoms with Gasteiger partial charge in [-0.05, 0) is 30.3 Å². The van der Waals surface area contributed by atoms with Gasteiger partial charge in [0.2, 0.25) is 0 Å². The number of hydrogen-bond acceptors (Lipinski definition) is 6. The van der Waals surface area contributed by atoms with Crippen LogP contribution >= 0.6 is 11.6 Å². The molecule has 5 aromatic rings. The van der Waals surface area contributed by atoms with E-state index in [-0.39, 0.29) is 11.1 Å². The van der Waals surface area contributed by atoms with Gasteiger partial charge in [0, 0.05) is 6.20 Å². The molecule has 0 aliphatic heterocycles. The normalized spacial score (nSPS) is 10.6. The summed E-state index contributed by atoms with van der Waals surface area (Å²) in [6.45, 7) is 0. The Morgan fingerprint density at radius 2 is 1.87 bits per heavy atom. The Morgan fingerprint density at radius 1 is 1.03 bits per heavy atom. The summed E-state index contributed by atoms with van der Waals surface area (Å²) in [4.78, 5) is 41.3. The van der Waals surface area contributed by atoms with Crippen LogP contribution in [0, 0.1) is 5.82 Å². The molecule has 0 radical (unpaired) electrons. The van der Waals surface area contributed by atoms with Gasteiger partial charge in [-0.2, -0.15) is 0 Å². The second kappa shape index (κ2) is 8.18. The van der Waals surface area contributed by atoms with Crippen LogP contribution in [0.15, 0.2) is 77.2 Å². The van der Waals surface area contributed by atoms with Crippen molar-refractivity contribution in [1.82, 2.24) is 29.5 Å². The molecule has 2 aromatic carbocycles. The second-order valence-electron chi connectivity index (χ2n) is 6.03. The fraction of sp³-hybridized carbons (Fsp3) is 0. The van der Waals surface area contributed by atoms with Crippen LogP contribution < -0.4 is 11.1 Å². The predicted molar refractivity (Wildman–Crippen MR) is 110 cm³/mol. The van der Waals surface area contributed by atoms with E-state index in [1.807, 2.05) is 0 Å². The molecule has 1 N–H and O–H groups in total. The van der Waals surface area contributed by atoms with Crippen LogP contribution in [-0.4, -0.2) is 29.5 Å². The van der Waals surface area contributed by atoms with E-state index in [0.29, 0.717) is 32.6 Å². The second-order valence-corrected chi connectivity index (χ2v) is 6.43. The van der Waals surface area contributed by atoms with Gasteiger partial charge >= 0.3 is 0 Å². The third kappa shape index (κ3) is 3.78. The lowest BCUT2D eigenvalue weighted by Gasteiger charge is -2.07. The number of nitrogens with zero attached hydrogens (tertiary/aromatic N) is 5. The number of H-pyrrole nitrogens is 1. The number of rotatable bonds is 1. The summed E-state index contributed by atoms with van der Waals surface area (Å²) in [6.07, 6.45) is 5.48. The first-order chi connectivity index (χ1) is 14.5. The summed E-state index contributed by atoms with van der Waals surface area (Å²) in [5.41, 5.74) is 0.824. The standard InChI is InChI=1S/C14H8ClFN2O.C6H4N4O/c15-11-5-2-6-12-13(11)14(19)18(8-17-12)10-4-1-3-9(16)7-10;11-6-4-1-7-2-8-5(4)9-3-10-6/h1-8H;1-3H,(H,7,8,9,10,11). The van der Waals surface area contributed by atoms with E-state index in [9.17, 15) is 14.0 Å². The van der Waals surface area contributed by atoms with Crippen molar-refractivity contribution in [3.8, 4) is 5.69 Å². The highest BCUT2D eigenvalue weighted by molar-refractivity contribution is 6.35. The van der Waals surface area contributed by atoms with Gasteiger partial charge in [-0.15, -0.1) is 0 Å². The minimum absolute atomic E-state index is 0.212. The molecule has 0 unspecified atom stereocenters. The average molecular weight is 423 g/mol. The van der Waals surface area contributed by atoms with Crippen molar-refractivity contribution in [1.29, 1.82) is 0 Å². The fourth-order valence-electron chi connectivity index (χ4n) is 2.75. The predicted octanol–water partition coefficient (Wildman–Crippen LogP) is 2.89. The number of aromatic amines is 1. The Bertz CT molecular complexity index is 1480. The number of halogens is 2. The molecule has 0 spiro atoms. The number of hydrogen-bond donors (Lipinski definition) is 1. The highest BCUT2D eigenvalue weighted by atomic mass is 35.5. The Hall–Kier alpha value is -3.98. The maximum Gasteiger partial charge on any atom is 0.267 e. The van der Waals surface area contributed by atoms with Crippen molar-refractivity contribution in [2.75, 3.05) is 0 Å². The monoisotopic (exact) mass is 422 g/mol. The van der Waals surface area contributed by atoms with Crippen LogP contribution in [0.4, 0.5) is 4.39 Å². The summed E-state index contributed by atoms with van der Waals surface area (Å²) in [6, 6.07) is 10.8. The van der Waals surface area contributed by atoms with Crippen LogP contribution in [0.1, 0.15) is 0 Å². The lowest BCUT2D eigenvalue weighted by atomic mass is 10.2. The third-order valence-electron chi connectivity index (χ3n) is 4.14. The maximum absolute atomic E-state index is 13.2. The zero-order valence-electron chi connectivity index (χ0n) is 15.2. The Kier molecular flexibility index (Phi) is 5.27. The van der Waals surface area contributed by atoms with Crippen LogP contribution in [-0.2, 0) is 0 Å². The molecule has 0 atom stereocenters. The number of benzene rings is 2. The molecular formula is C20H12ClFN6O2. The molecule has 10 heteroatoms. The summed E-state index contributed by atoms with van der Waals surface area (Å²) < 4.78 is 14.5. The van der Waals surface area contributed by atoms with Gasteiger partial charge in [-0.25, -0.2) is 24.3 Å². The molecule has 0 fully saturated rings. The number of fused-ring (bicyclic) bond motifs is 2. The van der Waals surface area contributed by atoms with Gasteiger partial charge in [0.15, 0.2) is 5.65 Å². The molecule has 148 valence electrons. The molecule has 0 amide bonds. The minimum atomic E-state index is -0.413. The third-order valence-corrected chi connectivity index (χ3v) is 4.46. The van der Waals surface area contributed by atoms with Crippen LogP contribution in [0.3, 0.4) is 0 Å². The van der Waals surface area contributed by atoms with Gasteiger partial charge in [0.1, 0.15) is 23.9 Å². The average Bonchev–Trinajstić information content (AvgIpc) is 2.75. The van der Waals surface area contributed by atoms with E-state index < -0.39 is 5.82 Å². The van der Waals surface area contributed by atoms with Gasteiger partial charge in [-0.1, -0.05) is 23.7 Å². The molecule has 0 aliphatic carbocycles. The smallest absolute Gasteiger partial charge is 0.267 e. The lowest BCUT2D eigenvalue weighted by molar-refractivity contribution is 0.626. The van der Waals surface area contributed by atoms with E-state index in [1.165, 1.54) is 47.9 Å². The zero-order chi connectivity index (χ0) is 21.1. The van der Waals surface area contributed by atoms with Crippen molar-refractivity contribution in [2.45, 2.75) is 0 Å². The van der Waals surface area contributed by atoms with Gasteiger partial charge in [0.05, 0.1) is 27.9 Å². The molecule has 3 heterocycles. The van der Waals surface area contributed by atoms with E-state index in [1.54, 1.807) is 24.3 Å². The van der Waals surface area contributed by atoms with Crippen molar-refractivity contribution in [3.63, 3.8) is 0 Å². The molecular weight excluding hydrogens is 411 g/mol. The van der Waals surface area contributed by atoms with Crippen LogP contribution in [0.2, 0.25) is 5.02 Å². The molecule has 0 bridgehead atoms. The summed E-state index contributed by atoms with van der Waals surface area (Å²) in [5, 5.41) is 1.08. The van der Waals surface area contributed by atoms with E-state index >= 15 is 0 Å². The van der Waals surface area contributed by atoms with E-state index in [0.717, 1.165) is 0 Å². The molecule has 5 rings (SSSR count). The SMILES string of the molecule is O=c1[nH]cnc2ncncc12.O=c1c2c(Cl)cccc2ncn1-c1cccc(F)c1. The largest absolute Gasteiger partial charge is 0.312 e. The van der Waals surface area contributed by atoms with Gasteiger partial charge in [0.25, 0.3) is 11.1 Å². The lowest BCUT2D eigenvalue weighted by Crippen LogP contribution is -2.19. The molecule has 8 nitrogen and oxygen atoms in total. The fourth-order valence-corrected chi connectivity index (χ4v) is 3.00. The summed E-state index contributed by atoms with van der Waals surface area (Å²) in [5.74, 6) is -0.413. The van der Waals surface area contributed by atoms with Gasteiger partial charge in [-0.3, -0.25) is 14.2 Å². The quantitative estimate of drug-likeness (QED) is 0.445.